The largest absolute Gasteiger partial charge is 0.357 e. The lowest BCUT2D eigenvalue weighted by Crippen LogP contribution is -2.57. The van der Waals surface area contributed by atoms with Crippen LogP contribution in [0, 0.1) is 6.92 Å². The normalized spacial score (nSPS) is 19.5. The van der Waals surface area contributed by atoms with Gasteiger partial charge in [0.05, 0.1) is 12.6 Å². The molecule has 2 saturated heterocycles. The number of carbonyl (C=O) groups is 1. The molecule has 3 rings (SSSR count). The molecule has 0 aromatic carbocycles. The summed E-state index contributed by atoms with van der Waals surface area (Å²) in [5.74, 6) is 1.24. The van der Waals surface area contributed by atoms with Gasteiger partial charge >= 0.3 is 0 Å². The minimum Gasteiger partial charge on any atom is -0.357 e. The second kappa shape index (κ2) is 11.3. The number of halogens is 1. The highest BCUT2D eigenvalue weighted by atomic mass is 127. The zero-order valence-electron chi connectivity index (χ0n) is 17.2. The number of piperazine rings is 1. The van der Waals surface area contributed by atoms with E-state index in [1.165, 1.54) is 4.88 Å². The third-order valence-electron chi connectivity index (χ3n) is 5.30. The van der Waals surface area contributed by atoms with Crippen LogP contribution in [0.15, 0.2) is 11.2 Å². The summed E-state index contributed by atoms with van der Waals surface area (Å²) in [6.45, 7) is 13.1. The summed E-state index contributed by atoms with van der Waals surface area (Å²) >= 11 is 1.70. The number of aromatic nitrogens is 1. The van der Waals surface area contributed by atoms with Crippen LogP contribution in [0.5, 0.6) is 0 Å². The van der Waals surface area contributed by atoms with Crippen molar-refractivity contribution in [2.24, 2.45) is 4.99 Å². The Balaban J connectivity index is 0.00000280. The first-order chi connectivity index (χ1) is 13.1. The van der Waals surface area contributed by atoms with E-state index in [1.54, 1.807) is 11.3 Å². The van der Waals surface area contributed by atoms with Crippen LogP contribution in [-0.2, 0) is 11.3 Å². The maximum Gasteiger partial charge on any atom is 0.239 e. The number of thiazole rings is 1. The molecule has 28 heavy (non-hydrogen) atoms. The molecule has 0 aliphatic carbocycles. The summed E-state index contributed by atoms with van der Waals surface area (Å²) < 4.78 is 0. The molecule has 3 heterocycles. The molecular weight excluding hydrogens is 487 g/mol. The first-order valence-electron chi connectivity index (χ1n) is 10.1. The van der Waals surface area contributed by atoms with E-state index < -0.39 is 0 Å². The van der Waals surface area contributed by atoms with Crippen molar-refractivity contribution in [3.05, 3.63) is 16.1 Å². The molecule has 0 bridgehead atoms. The maximum atomic E-state index is 12.7. The van der Waals surface area contributed by atoms with Gasteiger partial charge in [0.25, 0.3) is 0 Å². The molecule has 1 aromatic rings. The first kappa shape index (κ1) is 23.3. The number of rotatable bonds is 5. The third-order valence-corrected chi connectivity index (χ3v) is 6.20. The van der Waals surface area contributed by atoms with E-state index in [1.807, 2.05) is 11.1 Å². The molecule has 1 aromatic heterocycles. The average molecular weight is 520 g/mol. The third kappa shape index (κ3) is 6.03. The Morgan fingerprint density at radius 1 is 1.21 bits per heavy atom. The summed E-state index contributed by atoms with van der Waals surface area (Å²) in [5.41, 5.74) is 0. The van der Waals surface area contributed by atoms with Gasteiger partial charge in [-0.3, -0.25) is 9.69 Å². The molecule has 7 nitrogen and oxygen atoms in total. The lowest BCUT2D eigenvalue weighted by atomic mass is 10.2. The molecule has 0 radical (unpaired) electrons. The molecule has 2 aliphatic heterocycles. The minimum atomic E-state index is -0.0249. The van der Waals surface area contributed by atoms with Crippen LogP contribution in [0.1, 0.15) is 36.6 Å². The Labute approximate surface area is 189 Å². The molecule has 158 valence electrons. The van der Waals surface area contributed by atoms with Gasteiger partial charge < -0.3 is 15.1 Å². The second-order valence-corrected chi connectivity index (χ2v) is 8.59. The molecule has 9 heteroatoms. The molecule has 0 spiro atoms. The Morgan fingerprint density at radius 3 is 2.46 bits per heavy atom. The number of hydrogen-bond donors (Lipinski definition) is 1. The number of nitrogens with zero attached hydrogens (tertiary/aromatic N) is 5. The number of likely N-dealkylation sites (tertiary alicyclic amines) is 1. The summed E-state index contributed by atoms with van der Waals surface area (Å²) in [7, 11) is 0. The Kier molecular flexibility index (Phi) is 9.42. The van der Waals surface area contributed by atoms with E-state index in [2.05, 4.69) is 40.9 Å². The number of guanidine groups is 1. The van der Waals surface area contributed by atoms with E-state index in [4.69, 9.17) is 4.99 Å². The van der Waals surface area contributed by atoms with Gasteiger partial charge in [-0.2, -0.15) is 0 Å². The van der Waals surface area contributed by atoms with Crippen molar-refractivity contribution in [2.75, 3.05) is 45.8 Å². The van der Waals surface area contributed by atoms with Crippen LogP contribution in [0.25, 0.3) is 0 Å². The van der Waals surface area contributed by atoms with Crippen LogP contribution in [0.4, 0.5) is 0 Å². The molecule has 0 saturated carbocycles. The van der Waals surface area contributed by atoms with Gasteiger partial charge in [-0.15, -0.1) is 35.3 Å². The van der Waals surface area contributed by atoms with Gasteiger partial charge in [-0.1, -0.05) is 0 Å². The topological polar surface area (TPSA) is 64.1 Å². The Morgan fingerprint density at radius 2 is 1.89 bits per heavy atom. The fourth-order valence-electron chi connectivity index (χ4n) is 3.72. The fraction of sp³-hybridized carbons (Fsp3) is 0.737. The summed E-state index contributed by atoms with van der Waals surface area (Å²) in [6.07, 6.45) is 4.20. The number of hydrogen-bond acceptors (Lipinski definition) is 5. The molecule has 1 unspecified atom stereocenters. The SMILES string of the molecule is CCNC(=NCc1ncc(C)s1)N1CCN(C(C)C(=O)N2CCCC2)CC1.I. The van der Waals surface area contributed by atoms with Crippen molar-refractivity contribution >= 4 is 47.2 Å². The first-order valence-corrected chi connectivity index (χ1v) is 10.9. The van der Waals surface area contributed by atoms with Crippen molar-refractivity contribution < 1.29 is 4.79 Å². The number of aliphatic imine (C=N–C) groups is 1. The molecule has 2 aliphatic rings. The molecular formula is C19H33IN6OS. The van der Waals surface area contributed by atoms with Crippen molar-refractivity contribution in [2.45, 2.75) is 46.2 Å². The number of nitrogens with one attached hydrogen (secondary N) is 1. The van der Waals surface area contributed by atoms with Gasteiger partial charge in [0.1, 0.15) is 5.01 Å². The Bertz CT molecular complexity index is 653. The highest BCUT2D eigenvalue weighted by Gasteiger charge is 2.30. The maximum absolute atomic E-state index is 12.7. The molecule has 2 fully saturated rings. The molecule has 1 amide bonds. The van der Waals surface area contributed by atoms with Gasteiger partial charge in [0.15, 0.2) is 5.96 Å². The predicted molar refractivity (Wildman–Crippen MR) is 126 cm³/mol. The average Bonchev–Trinajstić information content (AvgIpc) is 3.36. The monoisotopic (exact) mass is 520 g/mol. The van der Waals surface area contributed by atoms with Crippen LogP contribution in [0.3, 0.4) is 0 Å². The van der Waals surface area contributed by atoms with Gasteiger partial charge in [0.2, 0.25) is 5.91 Å². The smallest absolute Gasteiger partial charge is 0.239 e. The van der Waals surface area contributed by atoms with Crippen molar-refractivity contribution in [1.82, 2.24) is 25.0 Å². The van der Waals surface area contributed by atoms with E-state index in [0.29, 0.717) is 12.5 Å². The van der Waals surface area contributed by atoms with E-state index in [9.17, 15) is 4.79 Å². The predicted octanol–water partition coefficient (Wildman–Crippen LogP) is 2.16. The number of amides is 1. The van der Waals surface area contributed by atoms with Crippen molar-refractivity contribution in [3.63, 3.8) is 0 Å². The van der Waals surface area contributed by atoms with E-state index >= 15 is 0 Å². The van der Waals surface area contributed by atoms with Gasteiger partial charge in [-0.05, 0) is 33.6 Å². The summed E-state index contributed by atoms with van der Waals surface area (Å²) in [6, 6.07) is -0.0249. The lowest BCUT2D eigenvalue weighted by molar-refractivity contribution is -0.135. The van der Waals surface area contributed by atoms with Gasteiger partial charge in [-0.25, -0.2) is 9.98 Å². The number of aryl methyl sites for hydroxylation is 1. The molecule has 1 N–H and O–H groups in total. The fourth-order valence-corrected chi connectivity index (χ4v) is 4.43. The van der Waals surface area contributed by atoms with Crippen LogP contribution in [0.2, 0.25) is 0 Å². The van der Waals surface area contributed by atoms with Gasteiger partial charge in [0, 0.05) is 56.9 Å². The summed E-state index contributed by atoms with van der Waals surface area (Å²) in [5, 5.41) is 4.45. The summed E-state index contributed by atoms with van der Waals surface area (Å²) in [4.78, 5) is 29.7. The standard InChI is InChI=1S/C19H32N6OS.HI/c1-4-20-19(22-14-17-21-13-15(2)27-17)25-11-9-23(10-12-25)16(3)18(26)24-7-5-6-8-24;/h13,16H,4-12,14H2,1-3H3,(H,20,22);1H. The number of carbonyl (C=O) groups excluding carboxylic acids is 1. The van der Waals surface area contributed by atoms with Crippen LogP contribution in [-0.4, -0.2) is 83.4 Å². The quantitative estimate of drug-likeness (QED) is 0.367. The van der Waals surface area contributed by atoms with E-state index in [-0.39, 0.29) is 30.0 Å². The lowest BCUT2D eigenvalue weighted by Gasteiger charge is -2.39. The van der Waals surface area contributed by atoms with Crippen LogP contribution < -0.4 is 5.32 Å². The van der Waals surface area contributed by atoms with Crippen molar-refractivity contribution in [1.29, 1.82) is 0 Å². The van der Waals surface area contributed by atoms with Crippen molar-refractivity contribution in [3.8, 4) is 0 Å². The highest BCUT2D eigenvalue weighted by Crippen LogP contribution is 2.15. The van der Waals surface area contributed by atoms with Crippen LogP contribution >= 0.6 is 35.3 Å². The highest BCUT2D eigenvalue weighted by molar-refractivity contribution is 14.0. The Hall–Kier alpha value is -0.940. The minimum absolute atomic E-state index is 0. The zero-order valence-corrected chi connectivity index (χ0v) is 20.3. The van der Waals surface area contributed by atoms with E-state index in [0.717, 1.165) is 69.6 Å². The zero-order chi connectivity index (χ0) is 19.2. The second-order valence-electron chi connectivity index (χ2n) is 7.27. The molecule has 1 atom stereocenters.